The molecule has 1 aliphatic rings. The lowest BCUT2D eigenvalue weighted by Gasteiger charge is -2.43. The second-order valence-electron chi connectivity index (χ2n) is 4.51. The number of aliphatic hydroxyl groups is 1. The van der Waals surface area contributed by atoms with Crippen LogP contribution in [-0.4, -0.2) is 40.4 Å². The van der Waals surface area contributed by atoms with Crippen molar-refractivity contribution in [1.82, 2.24) is 4.90 Å². The Labute approximate surface area is 83.8 Å². The number of hydrogen-bond acceptors (Lipinski definition) is 3. The van der Waals surface area contributed by atoms with Gasteiger partial charge >= 0.3 is 6.09 Å². The SMILES string of the molecule is C#CC1(O)CN(C(=O)OC(C)(C)C)C1. The van der Waals surface area contributed by atoms with Crippen molar-refractivity contribution in [2.45, 2.75) is 32.0 Å². The molecule has 0 saturated carbocycles. The van der Waals surface area contributed by atoms with E-state index in [9.17, 15) is 9.90 Å². The molecular weight excluding hydrogens is 182 g/mol. The first-order chi connectivity index (χ1) is 6.26. The van der Waals surface area contributed by atoms with E-state index in [1.54, 1.807) is 20.8 Å². The van der Waals surface area contributed by atoms with E-state index >= 15 is 0 Å². The highest BCUT2D eigenvalue weighted by atomic mass is 16.6. The highest BCUT2D eigenvalue weighted by molar-refractivity contribution is 5.70. The minimum absolute atomic E-state index is 0.151. The van der Waals surface area contributed by atoms with Gasteiger partial charge in [-0.15, -0.1) is 6.42 Å². The third-order valence-corrected chi connectivity index (χ3v) is 1.83. The summed E-state index contributed by atoms with van der Waals surface area (Å²) in [5.74, 6) is 2.23. The zero-order valence-corrected chi connectivity index (χ0v) is 8.70. The van der Waals surface area contributed by atoms with E-state index in [0.29, 0.717) is 0 Å². The van der Waals surface area contributed by atoms with E-state index in [4.69, 9.17) is 11.2 Å². The molecule has 1 N–H and O–H groups in total. The molecule has 1 aliphatic heterocycles. The molecule has 0 aliphatic carbocycles. The summed E-state index contributed by atoms with van der Waals surface area (Å²) in [7, 11) is 0. The van der Waals surface area contributed by atoms with Gasteiger partial charge in [0.25, 0.3) is 0 Å². The summed E-state index contributed by atoms with van der Waals surface area (Å²) in [6.07, 6.45) is 4.65. The maximum absolute atomic E-state index is 11.4. The smallest absolute Gasteiger partial charge is 0.410 e. The Morgan fingerprint density at radius 2 is 2.07 bits per heavy atom. The van der Waals surface area contributed by atoms with Gasteiger partial charge in [-0.3, -0.25) is 0 Å². The van der Waals surface area contributed by atoms with Crippen molar-refractivity contribution in [2.24, 2.45) is 0 Å². The molecule has 4 nitrogen and oxygen atoms in total. The minimum Gasteiger partial charge on any atom is -0.444 e. The van der Waals surface area contributed by atoms with Crippen LogP contribution in [0.1, 0.15) is 20.8 Å². The van der Waals surface area contributed by atoms with Gasteiger partial charge in [0.05, 0.1) is 13.1 Å². The Morgan fingerprint density at radius 1 is 1.57 bits per heavy atom. The zero-order valence-electron chi connectivity index (χ0n) is 8.70. The minimum atomic E-state index is -1.16. The molecule has 1 fully saturated rings. The van der Waals surface area contributed by atoms with Crippen molar-refractivity contribution in [1.29, 1.82) is 0 Å². The summed E-state index contributed by atoms with van der Waals surface area (Å²) in [6.45, 7) is 5.67. The second kappa shape index (κ2) is 3.18. The number of nitrogens with zero attached hydrogens (tertiary/aromatic N) is 1. The van der Waals surface area contributed by atoms with Crippen LogP contribution in [0.2, 0.25) is 0 Å². The largest absolute Gasteiger partial charge is 0.444 e. The predicted molar refractivity (Wildman–Crippen MR) is 51.6 cm³/mol. The Morgan fingerprint density at radius 3 is 2.43 bits per heavy atom. The molecule has 1 rings (SSSR count). The number of carbonyl (C=O) groups is 1. The maximum atomic E-state index is 11.4. The van der Waals surface area contributed by atoms with E-state index in [-0.39, 0.29) is 13.1 Å². The lowest BCUT2D eigenvalue weighted by molar-refractivity contribution is -0.0636. The van der Waals surface area contributed by atoms with E-state index in [0.717, 1.165) is 0 Å². The maximum Gasteiger partial charge on any atom is 0.410 e. The number of likely N-dealkylation sites (tertiary alicyclic amines) is 1. The van der Waals surface area contributed by atoms with E-state index in [1.807, 2.05) is 0 Å². The van der Waals surface area contributed by atoms with E-state index in [2.05, 4.69) is 5.92 Å². The highest BCUT2D eigenvalue weighted by Crippen LogP contribution is 2.22. The van der Waals surface area contributed by atoms with Crippen LogP contribution in [0, 0.1) is 12.3 Å². The Kier molecular flexibility index (Phi) is 2.47. The number of β-amino-alcohol motifs (C(OH)–C–C–N with tert-alkyl or cyclic N) is 1. The second-order valence-corrected chi connectivity index (χ2v) is 4.51. The lowest BCUT2D eigenvalue weighted by Crippen LogP contribution is -2.63. The fourth-order valence-corrected chi connectivity index (χ4v) is 1.13. The Balaban J connectivity index is 2.42. The molecule has 0 spiro atoms. The Hall–Kier alpha value is -1.21. The molecule has 1 saturated heterocycles. The molecule has 0 bridgehead atoms. The fraction of sp³-hybridized carbons (Fsp3) is 0.700. The average molecular weight is 197 g/mol. The van der Waals surface area contributed by atoms with Crippen LogP contribution in [0.15, 0.2) is 0 Å². The molecule has 1 heterocycles. The van der Waals surface area contributed by atoms with Gasteiger partial charge < -0.3 is 14.7 Å². The van der Waals surface area contributed by atoms with Gasteiger partial charge in [0.2, 0.25) is 0 Å². The number of carbonyl (C=O) groups excluding carboxylic acids is 1. The van der Waals surface area contributed by atoms with Gasteiger partial charge in [-0.25, -0.2) is 4.79 Å². The van der Waals surface area contributed by atoms with Gasteiger partial charge in [-0.2, -0.15) is 0 Å². The summed E-state index contributed by atoms with van der Waals surface area (Å²) in [6, 6.07) is 0. The van der Waals surface area contributed by atoms with Crippen LogP contribution < -0.4 is 0 Å². The molecule has 1 amide bonds. The summed E-state index contributed by atoms with van der Waals surface area (Å²) in [4.78, 5) is 12.7. The van der Waals surface area contributed by atoms with Crippen LogP contribution in [0.25, 0.3) is 0 Å². The van der Waals surface area contributed by atoms with Crippen LogP contribution in [0.3, 0.4) is 0 Å². The monoisotopic (exact) mass is 197 g/mol. The molecular formula is C10H15NO3. The number of amides is 1. The van der Waals surface area contributed by atoms with Crippen molar-refractivity contribution in [2.75, 3.05) is 13.1 Å². The molecule has 0 radical (unpaired) electrons. The van der Waals surface area contributed by atoms with Gasteiger partial charge in [-0.05, 0) is 20.8 Å². The van der Waals surface area contributed by atoms with E-state index < -0.39 is 17.3 Å². The summed E-state index contributed by atoms with van der Waals surface area (Å²) < 4.78 is 5.09. The molecule has 0 aromatic carbocycles. The van der Waals surface area contributed by atoms with Crippen molar-refractivity contribution < 1.29 is 14.6 Å². The molecule has 0 unspecified atom stereocenters. The molecule has 0 atom stereocenters. The van der Waals surface area contributed by atoms with Crippen LogP contribution in [-0.2, 0) is 4.74 Å². The molecule has 78 valence electrons. The van der Waals surface area contributed by atoms with Crippen molar-refractivity contribution in [3.8, 4) is 12.3 Å². The van der Waals surface area contributed by atoms with Crippen molar-refractivity contribution >= 4 is 6.09 Å². The first-order valence-electron chi connectivity index (χ1n) is 4.44. The molecule has 0 aromatic heterocycles. The first kappa shape index (κ1) is 10.9. The van der Waals surface area contributed by atoms with Gasteiger partial charge in [-0.1, -0.05) is 5.92 Å². The number of terminal acetylenes is 1. The van der Waals surface area contributed by atoms with Gasteiger partial charge in [0, 0.05) is 0 Å². The summed E-state index contributed by atoms with van der Waals surface area (Å²) in [5.41, 5.74) is -1.67. The van der Waals surface area contributed by atoms with Crippen molar-refractivity contribution in [3.63, 3.8) is 0 Å². The number of rotatable bonds is 0. The summed E-state index contributed by atoms with van der Waals surface area (Å²) >= 11 is 0. The first-order valence-corrected chi connectivity index (χ1v) is 4.44. The molecule has 14 heavy (non-hydrogen) atoms. The van der Waals surface area contributed by atoms with Crippen LogP contribution in [0.4, 0.5) is 4.79 Å². The van der Waals surface area contributed by atoms with Gasteiger partial charge in [0.1, 0.15) is 5.60 Å². The normalized spacial score (nSPS) is 19.5. The average Bonchev–Trinajstić information content (AvgIpc) is 1.95. The third-order valence-electron chi connectivity index (χ3n) is 1.83. The quantitative estimate of drug-likeness (QED) is 0.578. The van der Waals surface area contributed by atoms with Gasteiger partial charge in [0.15, 0.2) is 5.60 Å². The number of ether oxygens (including phenoxy) is 1. The topological polar surface area (TPSA) is 49.8 Å². The number of hydrogen-bond donors (Lipinski definition) is 1. The zero-order chi connectivity index (χ0) is 11.0. The Bertz CT molecular complexity index is 279. The van der Waals surface area contributed by atoms with Crippen LogP contribution >= 0.6 is 0 Å². The van der Waals surface area contributed by atoms with Crippen molar-refractivity contribution in [3.05, 3.63) is 0 Å². The van der Waals surface area contributed by atoms with Crippen LogP contribution in [0.5, 0.6) is 0 Å². The lowest BCUT2D eigenvalue weighted by atomic mass is 9.96. The molecule has 4 heteroatoms. The third kappa shape index (κ3) is 2.39. The predicted octanol–water partition coefficient (Wildman–Crippen LogP) is 0.601. The fourth-order valence-electron chi connectivity index (χ4n) is 1.13. The highest BCUT2D eigenvalue weighted by Gasteiger charge is 2.43. The summed E-state index contributed by atoms with van der Waals surface area (Å²) in [5, 5.41) is 9.45. The standard InChI is InChI=1S/C10H15NO3/c1-5-10(13)6-11(7-10)8(12)14-9(2,3)4/h1,13H,6-7H2,2-4H3. The molecule has 0 aromatic rings. The van der Waals surface area contributed by atoms with E-state index in [1.165, 1.54) is 4.90 Å².